The average Bonchev–Trinajstić information content (AvgIpc) is 2.84. The van der Waals surface area contributed by atoms with Crippen LogP contribution in [0.15, 0.2) is 23.6 Å². The van der Waals surface area contributed by atoms with Crippen LogP contribution in [0.1, 0.15) is 22.4 Å². The second kappa shape index (κ2) is 6.98. The number of hydrogen-bond acceptors (Lipinski definition) is 4. The van der Waals surface area contributed by atoms with E-state index in [0.29, 0.717) is 11.3 Å². The van der Waals surface area contributed by atoms with E-state index in [1.807, 2.05) is 12.3 Å². The zero-order valence-corrected chi connectivity index (χ0v) is 12.8. The summed E-state index contributed by atoms with van der Waals surface area (Å²) >= 11 is 7.05. The lowest BCUT2D eigenvalue weighted by Gasteiger charge is -2.12. The number of amides is 1. The van der Waals surface area contributed by atoms with Crippen LogP contribution in [0, 0.1) is 12.7 Å². The summed E-state index contributed by atoms with van der Waals surface area (Å²) in [6.07, 6.45) is -0.829. The molecule has 0 aliphatic rings. The highest BCUT2D eigenvalue weighted by Crippen LogP contribution is 2.19. The van der Waals surface area contributed by atoms with Crippen molar-refractivity contribution in [3.63, 3.8) is 0 Å². The molecular weight excluding hydrogens is 315 g/mol. The zero-order chi connectivity index (χ0) is 15.4. The molecule has 1 amide bonds. The minimum absolute atomic E-state index is 0.00300. The molecule has 2 aromatic rings. The Kier molecular flexibility index (Phi) is 5.27. The molecule has 112 valence electrons. The Bertz CT molecular complexity index is 648. The first kappa shape index (κ1) is 15.9. The van der Waals surface area contributed by atoms with Crippen LogP contribution in [0.2, 0.25) is 5.02 Å². The summed E-state index contributed by atoms with van der Waals surface area (Å²) in [6.45, 7) is 1.87. The van der Waals surface area contributed by atoms with E-state index in [0.717, 1.165) is 11.1 Å². The number of aliphatic hydroxyl groups excluding tert-OH is 1. The summed E-state index contributed by atoms with van der Waals surface area (Å²) in [5.74, 6) is -0.841. The molecule has 2 N–H and O–H groups in total. The molecule has 0 saturated heterocycles. The van der Waals surface area contributed by atoms with Gasteiger partial charge in [0.2, 0.25) is 5.91 Å². The van der Waals surface area contributed by atoms with Crippen LogP contribution < -0.4 is 5.32 Å². The average molecular weight is 329 g/mol. The molecule has 2 rings (SSSR count). The molecule has 0 spiro atoms. The minimum Gasteiger partial charge on any atom is -0.387 e. The Labute approximate surface area is 130 Å². The van der Waals surface area contributed by atoms with Crippen LogP contribution in [0.3, 0.4) is 0 Å². The van der Waals surface area contributed by atoms with Gasteiger partial charge in [0, 0.05) is 11.9 Å². The first-order valence-electron chi connectivity index (χ1n) is 6.26. The van der Waals surface area contributed by atoms with Crippen molar-refractivity contribution in [2.75, 3.05) is 6.54 Å². The van der Waals surface area contributed by atoms with Crippen LogP contribution in [0.25, 0.3) is 0 Å². The predicted molar refractivity (Wildman–Crippen MR) is 79.9 cm³/mol. The fraction of sp³-hybridized carbons (Fsp3) is 0.286. The molecule has 0 aliphatic heterocycles. The third-order valence-corrected chi connectivity index (χ3v) is 3.96. The van der Waals surface area contributed by atoms with Crippen LogP contribution in [0.5, 0.6) is 0 Å². The van der Waals surface area contributed by atoms with Crippen molar-refractivity contribution in [2.24, 2.45) is 0 Å². The summed E-state index contributed by atoms with van der Waals surface area (Å²) in [7, 11) is 0. The summed E-state index contributed by atoms with van der Waals surface area (Å²) in [6, 6.07) is 4.05. The van der Waals surface area contributed by atoms with Gasteiger partial charge in [0.25, 0.3) is 0 Å². The number of benzene rings is 1. The van der Waals surface area contributed by atoms with Gasteiger partial charge in [-0.3, -0.25) is 4.79 Å². The lowest BCUT2D eigenvalue weighted by molar-refractivity contribution is -0.120. The maximum atomic E-state index is 13.3. The third-order valence-electron chi connectivity index (χ3n) is 2.83. The van der Waals surface area contributed by atoms with Crippen molar-refractivity contribution in [2.45, 2.75) is 19.4 Å². The van der Waals surface area contributed by atoms with Crippen molar-refractivity contribution >= 4 is 28.8 Å². The summed E-state index contributed by atoms with van der Waals surface area (Å²) < 4.78 is 13.3. The van der Waals surface area contributed by atoms with Gasteiger partial charge in [0.05, 0.1) is 28.2 Å². The second-order valence-electron chi connectivity index (χ2n) is 4.53. The number of thiazole rings is 1. The van der Waals surface area contributed by atoms with E-state index < -0.39 is 11.9 Å². The van der Waals surface area contributed by atoms with Crippen molar-refractivity contribution in [3.05, 3.63) is 50.7 Å². The second-order valence-corrected chi connectivity index (χ2v) is 6.00. The van der Waals surface area contributed by atoms with Crippen molar-refractivity contribution < 1.29 is 14.3 Å². The number of aromatic nitrogens is 1. The van der Waals surface area contributed by atoms with Gasteiger partial charge in [-0.1, -0.05) is 17.7 Å². The van der Waals surface area contributed by atoms with E-state index in [4.69, 9.17) is 11.6 Å². The number of nitrogens with zero attached hydrogens (tertiary/aromatic N) is 1. The highest BCUT2D eigenvalue weighted by molar-refractivity contribution is 7.09. The minimum atomic E-state index is -0.988. The maximum Gasteiger partial charge on any atom is 0.226 e. The predicted octanol–water partition coefficient (Wildman–Crippen LogP) is 2.64. The van der Waals surface area contributed by atoms with Gasteiger partial charge in [0.1, 0.15) is 5.82 Å². The number of aliphatic hydroxyl groups is 1. The highest BCUT2D eigenvalue weighted by Gasteiger charge is 2.12. The van der Waals surface area contributed by atoms with Gasteiger partial charge in [0.15, 0.2) is 0 Å². The molecule has 0 aliphatic carbocycles. The monoisotopic (exact) mass is 328 g/mol. The largest absolute Gasteiger partial charge is 0.387 e. The molecule has 1 unspecified atom stereocenters. The standard InChI is InChI=1S/C14H14ClFN2O2S/c1-8-18-10(7-21-8)5-14(20)17-6-13(19)9-2-3-11(15)12(16)4-9/h2-4,7,13,19H,5-6H2,1H3,(H,17,20). The van der Waals surface area contributed by atoms with Crippen LogP contribution in [-0.4, -0.2) is 22.5 Å². The Morgan fingerprint density at radius 3 is 2.95 bits per heavy atom. The highest BCUT2D eigenvalue weighted by atomic mass is 35.5. The van der Waals surface area contributed by atoms with Crippen LogP contribution >= 0.6 is 22.9 Å². The molecule has 0 bridgehead atoms. The molecule has 21 heavy (non-hydrogen) atoms. The molecule has 7 heteroatoms. The molecule has 4 nitrogen and oxygen atoms in total. The van der Waals surface area contributed by atoms with Gasteiger partial charge in [-0.05, 0) is 24.6 Å². The van der Waals surface area contributed by atoms with Gasteiger partial charge < -0.3 is 10.4 Å². The van der Waals surface area contributed by atoms with Crippen molar-refractivity contribution in [3.8, 4) is 0 Å². The summed E-state index contributed by atoms with van der Waals surface area (Å²) in [5, 5.41) is 15.2. The van der Waals surface area contributed by atoms with Gasteiger partial charge >= 0.3 is 0 Å². The number of halogens is 2. The summed E-state index contributed by atoms with van der Waals surface area (Å²) in [5.41, 5.74) is 1.06. The van der Waals surface area contributed by atoms with E-state index in [1.165, 1.54) is 23.5 Å². The number of carbonyl (C=O) groups is 1. The first-order chi connectivity index (χ1) is 9.95. The molecule has 1 aromatic heterocycles. The SMILES string of the molecule is Cc1nc(CC(=O)NCC(O)c2ccc(Cl)c(F)c2)cs1. The Balaban J connectivity index is 1.86. The van der Waals surface area contributed by atoms with E-state index in [9.17, 15) is 14.3 Å². The van der Waals surface area contributed by atoms with Gasteiger partial charge in [-0.15, -0.1) is 11.3 Å². The molecule has 0 fully saturated rings. The molecule has 1 heterocycles. The summed E-state index contributed by atoms with van der Waals surface area (Å²) in [4.78, 5) is 15.9. The topological polar surface area (TPSA) is 62.2 Å². The lowest BCUT2D eigenvalue weighted by atomic mass is 10.1. The Morgan fingerprint density at radius 1 is 1.57 bits per heavy atom. The van der Waals surface area contributed by atoms with Gasteiger partial charge in [-0.25, -0.2) is 9.37 Å². The zero-order valence-electron chi connectivity index (χ0n) is 11.3. The molecule has 0 radical (unpaired) electrons. The lowest BCUT2D eigenvalue weighted by Crippen LogP contribution is -2.29. The van der Waals surface area contributed by atoms with Crippen molar-refractivity contribution in [1.29, 1.82) is 0 Å². The number of hydrogen-bond donors (Lipinski definition) is 2. The number of rotatable bonds is 5. The number of aryl methyl sites for hydroxylation is 1. The molecule has 1 aromatic carbocycles. The molecular formula is C14H14ClFN2O2S. The fourth-order valence-corrected chi connectivity index (χ4v) is 2.49. The third kappa shape index (κ3) is 4.49. The van der Waals surface area contributed by atoms with E-state index in [1.54, 1.807) is 0 Å². The van der Waals surface area contributed by atoms with E-state index in [2.05, 4.69) is 10.3 Å². The van der Waals surface area contributed by atoms with E-state index in [-0.39, 0.29) is 23.9 Å². The molecule has 1 atom stereocenters. The quantitative estimate of drug-likeness (QED) is 0.887. The Morgan fingerprint density at radius 2 is 2.33 bits per heavy atom. The normalized spacial score (nSPS) is 12.2. The fourth-order valence-electron chi connectivity index (χ4n) is 1.76. The first-order valence-corrected chi connectivity index (χ1v) is 7.52. The number of carbonyl (C=O) groups excluding carboxylic acids is 1. The van der Waals surface area contributed by atoms with E-state index >= 15 is 0 Å². The van der Waals surface area contributed by atoms with Crippen molar-refractivity contribution in [1.82, 2.24) is 10.3 Å². The smallest absolute Gasteiger partial charge is 0.226 e. The van der Waals surface area contributed by atoms with Gasteiger partial charge in [-0.2, -0.15) is 0 Å². The van der Waals surface area contributed by atoms with Crippen LogP contribution in [-0.2, 0) is 11.2 Å². The number of nitrogens with one attached hydrogen (secondary N) is 1. The van der Waals surface area contributed by atoms with Crippen LogP contribution in [0.4, 0.5) is 4.39 Å². The maximum absolute atomic E-state index is 13.3. The molecule has 0 saturated carbocycles. The Hall–Kier alpha value is -1.50.